The second-order valence-electron chi connectivity index (χ2n) is 34.7. The van der Waals surface area contributed by atoms with Gasteiger partial charge in [0.2, 0.25) is 23.6 Å². The van der Waals surface area contributed by atoms with Crippen LogP contribution in [0.2, 0.25) is 0 Å². The number of pyridine rings is 8. The van der Waals surface area contributed by atoms with Crippen LogP contribution in [0.15, 0.2) is 288 Å². The van der Waals surface area contributed by atoms with E-state index in [1.807, 2.05) is 110 Å². The SMILES string of the molecule is CCCC(=O)Nc1cncc(-c2ccc3[nH]nc(-c4nc5c(-c6ccoc6)cncc5[nH]4)c3c2)c1.CCCCC(=O)Nc1cncc(-c2ccc3[nH]nc(-c4nc5c(-c6ccoc6)cncc5[nH]4)c3c2)c1.O=C(Nc1cncc(-c2ccc3[nH]nc(-c4nc5c(-c6ccoc6)cncc5[nH]4)c3c2)c1)C1CC1.O=C(Nc1cncc(-c2ccc3[nH]nc(-c4nc5c(-c6ccoc6)cncc5[nH]4)c3c2)c1)C1CCC1. The highest BCUT2D eigenvalue weighted by atomic mass is 16.3. The fourth-order valence-electron chi connectivity index (χ4n) is 17.4. The summed E-state index contributed by atoms with van der Waals surface area (Å²) in [6.07, 6.45) is 49.7. The Morgan fingerprint density at radius 3 is 0.852 bits per heavy atom. The molecule has 36 heteroatoms. The number of unbranched alkanes of at least 4 members (excludes halogenated alkanes) is 1. The molecule has 0 aliphatic heterocycles. The average molecular weight is 1880 g/mol. The maximum Gasteiger partial charge on any atom is 0.227 e. The molecular formula is C106H84N28O8. The van der Waals surface area contributed by atoms with Crippen molar-refractivity contribution in [3.8, 4) is 135 Å². The molecule has 12 N–H and O–H groups in total. The first-order valence-electron chi connectivity index (χ1n) is 46.3. The summed E-state index contributed by atoms with van der Waals surface area (Å²) in [5.41, 5.74) is 30.2. The minimum absolute atomic E-state index is 0.00228. The van der Waals surface area contributed by atoms with E-state index in [1.165, 1.54) is 0 Å². The highest BCUT2D eigenvalue weighted by Gasteiger charge is 2.31. The minimum Gasteiger partial charge on any atom is -0.472 e. The summed E-state index contributed by atoms with van der Waals surface area (Å²) in [6.45, 7) is 4.04. The Morgan fingerprint density at radius 2 is 0.585 bits per heavy atom. The number of nitrogens with one attached hydrogen (secondary N) is 12. The molecular weight excluding hydrogens is 1790 g/mol. The fourth-order valence-corrected chi connectivity index (χ4v) is 17.4. The van der Waals surface area contributed by atoms with Gasteiger partial charge in [-0.15, -0.1) is 0 Å². The normalized spacial score (nSPS) is 12.5. The first kappa shape index (κ1) is 86.9. The average Bonchev–Trinajstić information content (AvgIpc) is 1.62. The summed E-state index contributed by atoms with van der Waals surface area (Å²) in [6, 6.07) is 39.5. The number of rotatable bonds is 23. The number of aromatic nitrogens is 24. The number of furan rings is 4. The van der Waals surface area contributed by atoms with Crippen molar-refractivity contribution in [3.05, 3.63) is 271 Å². The molecule has 24 aromatic rings. The zero-order chi connectivity index (χ0) is 95.7. The standard InChI is InChI=1S/C27H21N7O2.C27H23N7O2.C26H19N7O2.C26H21N7O2/c35-27(15-2-1-3-15)30-19-8-18(10-28-11-19)16-4-5-22-20(9-16)25(34-33-22)26-31-23-13-29-12-21(24(23)32-26)17-6-7-36-14-17;1-2-3-4-24(35)30-19-9-18(11-28-12-19)16-5-6-22-20(10-16)26(34-33-22)27-31-23-14-29-13-21(25(23)32-27)17-7-8-36-15-17;34-26(14-1-2-14)29-18-7-17(9-27-10-18)15-3-4-21-19(8-15)24(33-32-21)25-30-22-12-28-11-20(23(22)31-25)16-5-6-35-13-16;1-2-3-23(34)29-18-8-17(10-27-11-18)15-4-5-21-19(9-15)25(33-32-21)26-30-22-13-28-12-20(24(22)31-26)16-6-7-35-14-16/h4-15H,1-3H2,(H,30,35)(H,31,32)(H,33,34);5-15H,2-4H2,1H3,(H,30,35)(H,31,32)(H,33,34);3-14H,1-2H2,(H,29,34)(H,30,31)(H,32,33);4-14H,2-3H2,1H3,(H,29,34)(H,30,31)(H,32,33). The Kier molecular flexibility index (Phi) is 23.2. The van der Waals surface area contributed by atoms with Crippen LogP contribution in [0.1, 0.15) is 78.1 Å². The molecule has 4 aromatic carbocycles. The van der Waals surface area contributed by atoms with Gasteiger partial charge in [-0.25, -0.2) is 19.9 Å². The van der Waals surface area contributed by atoms with Crippen LogP contribution in [0, 0.1) is 11.8 Å². The molecule has 0 radical (unpaired) electrons. The third kappa shape index (κ3) is 17.7. The number of hydrogen-bond donors (Lipinski definition) is 12. The zero-order valence-corrected chi connectivity index (χ0v) is 76.1. The van der Waals surface area contributed by atoms with Crippen LogP contribution in [0.4, 0.5) is 22.7 Å². The zero-order valence-electron chi connectivity index (χ0n) is 76.1. The van der Waals surface area contributed by atoms with Crippen molar-refractivity contribution in [1.82, 2.24) is 121 Å². The molecule has 2 saturated carbocycles. The van der Waals surface area contributed by atoms with Gasteiger partial charge in [0.15, 0.2) is 23.3 Å². The monoisotopic (exact) mass is 1880 g/mol. The van der Waals surface area contributed by atoms with E-state index in [0.29, 0.717) is 81.7 Å². The quantitative estimate of drug-likeness (QED) is 0.0283. The van der Waals surface area contributed by atoms with E-state index >= 15 is 0 Å². The van der Waals surface area contributed by atoms with Gasteiger partial charge in [-0.05, 0) is 158 Å². The van der Waals surface area contributed by atoms with Gasteiger partial charge in [-0.2, -0.15) is 20.4 Å². The number of imidazole rings is 4. The van der Waals surface area contributed by atoms with Crippen molar-refractivity contribution in [3.63, 3.8) is 0 Å². The van der Waals surface area contributed by atoms with E-state index in [4.69, 9.17) is 37.6 Å². The Morgan fingerprint density at radius 1 is 0.296 bits per heavy atom. The Labute approximate surface area is 803 Å². The molecule has 2 aliphatic carbocycles. The number of anilines is 4. The molecule has 26 rings (SSSR count). The Balaban J connectivity index is 0.000000105. The number of aromatic amines is 8. The lowest BCUT2D eigenvalue weighted by atomic mass is 9.85. The van der Waals surface area contributed by atoms with Gasteiger partial charge in [0.05, 0.1) is 167 Å². The number of nitrogens with zero attached hydrogens (tertiary/aromatic N) is 16. The Hall–Kier alpha value is -19.2. The van der Waals surface area contributed by atoms with Crippen LogP contribution in [-0.4, -0.2) is 144 Å². The summed E-state index contributed by atoms with van der Waals surface area (Å²) in [4.78, 5) is 116. The van der Waals surface area contributed by atoms with Gasteiger partial charge in [0.1, 0.15) is 44.8 Å². The van der Waals surface area contributed by atoms with E-state index in [0.717, 1.165) is 228 Å². The molecule has 2 aliphatic rings. The molecule has 20 aromatic heterocycles. The second kappa shape index (κ2) is 37.8. The molecule has 0 atom stereocenters. The first-order valence-corrected chi connectivity index (χ1v) is 46.3. The number of fused-ring (bicyclic) bond motifs is 8. The molecule has 0 bridgehead atoms. The number of benzene rings is 4. The summed E-state index contributed by atoms with van der Waals surface area (Å²) in [7, 11) is 0. The van der Waals surface area contributed by atoms with Crippen molar-refractivity contribution in [2.45, 2.75) is 78.1 Å². The van der Waals surface area contributed by atoms with E-state index < -0.39 is 0 Å². The predicted octanol–water partition coefficient (Wildman–Crippen LogP) is 22.2. The molecule has 0 unspecified atom stereocenters. The minimum atomic E-state index is -0.0202. The van der Waals surface area contributed by atoms with Crippen LogP contribution in [-0.2, 0) is 19.2 Å². The highest BCUT2D eigenvalue weighted by molar-refractivity contribution is 6.05. The molecule has 36 nitrogen and oxygen atoms in total. The summed E-state index contributed by atoms with van der Waals surface area (Å²) in [5, 5.41) is 46.1. The summed E-state index contributed by atoms with van der Waals surface area (Å²) < 4.78 is 21.0. The number of hydrogen-bond acceptors (Lipinski definition) is 24. The molecule has 2 fully saturated rings. The van der Waals surface area contributed by atoms with Crippen LogP contribution < -0.4 is 21.3 Å². The number of amides is 4. The molecule has 4 amide bonds. The van der Waals surface area contributed by atoms with E-state index in [-0.39, 0.29) is 35.5 Å². The predicted molar refractivity (Wildman–Crippen MR) is 539 cm³/mol. The largest absolute Gasteiger partial charge is 0.472 e. The van der Waals surface area contributed by atoms with Gasteiger partial charge in [0.25, 0.3) is 0 Å². The number of H-pyrrole nitrogens is 8. The van der Waals surface area contributed by atoms with Crippen LogP contribution in [0.5, 0.6) is 0 Å². The van der Waals surface area contributed by atoms with Crippen molar-refractivity contribution < 1.29 is 36.8 Å². The molecule has 696 valence electrons. The van der Waals surface area contributed by atoms with Gasteiger partial charge in [-0.1, -0.05) is 51.0 Å². The maximum atomic E-state index is 12.4. The third-order valence-electron chi connectivity index (χ3n) is 25.1. The van der Waals surface area contributed by atoms with E-state index in [2.05, 4.69) is 147 Å². The van der Waals surface area contributed by atoms with E-state index in [9.17, 15) is 19.2 Å². The second-order valence-corrected chi connectivity index (χ2v) is 34.7. The first-order chi connectivity index (χ1) is 69.8. The Bertz CT molecular complexity index is 8810. The lowest BCUT2D eigenvalue weighted by Crippen LogP contribution is -2.28. The highest BCUT2D eigenvalue weighted by Crippen LogP contribution is 2.42. The van der Waals surface area contributed by atoms with Crippen LogP contribution >= 0.6 is 0 Å². The van der Waals surface area contributed by atoms with Crippen molar-refractivity contribution in [2.24, 2.45) is 11.8 Å². The van der Waals surface area contributed by atoms with Gasteiger partial charge >= 0.3 is 0 Å². The van der Waals surface area contributed by atoms with Crippen molar-refractivity contribution in [1.29, 1.82) is 0 Å². The fraction of sp³-hybridized carbons (Fsp3) is 0.132. The number of carbonyl (C=O) groups excluding carboxylic acids is 4. The van der Waals surface area contributed by atoms with E-state index in [1.54, 1.807) is 149 Å². The summed E-state index contributed by atoms with van der Waals surface area (Å²) in [5.74, 6) is 2.93. The van der Waals surface area contributed by atoms with Gasteiger partial charge in [0, 0.05) is 163 Å². The third-order valence-corrected chi connectivity index (χ3v) is 25.1. The lowest BCUT2D eigenvalue weighted by molar-refractivity contribution is -0.122. The maximum absolute atomic E-state index is 12.4. The van der Waals surface area contributed by atoms with Crippen LogP contribution in [0.25, 0.3) is 223 Å². The molecule has 0 saturated heterocycles. The van der Waals surface area contributed by atoms with Crippen molar-refractivity contribution >= 4 is 134 Å². The lowest BCUT2D eigenvalue weighted by Gasteiger charge is -2.24. The van der Waals surface area contributed by atoms with Gasteiger partial charge < -0.3 is 58.9 Å². The summed E-state index contributed by atoms with van der Waals surface area (Å²) >= 11 is 0. The molecule has 142 heavy (non-hydrogen) atoms. The number of carbonyl (C=O) groups is 4. The van der Waals surface area contributed by atoms with Crippen molar-refractivity contribution in [2.75, 3.05) is 21.3 Å². The topological polar surface area (TPSA) is 502 Å². The molecule has 0 spiro atoms. The molecule has 20 heterocycles. The smallest absolute Gasteiger partial charge is 0.227 e. The van der Waals surface area contributed by atoms with Gasteiger partial charge in [-0.3, -0.25) is 79.4 Å². The van der Waals surface area contributed by atoms with Crippen LogP contribution in [0.3, 0.4) is 0 Å².